The highest BCUT2D eigenvalue weighted by molar-refractivity contribution is 5.75. The van der Waals surface area contributed by atoms with Crippen LogP contribution in [0.1, 0.15) is 42.8 Å². The first kappa shape index (κ1) is 25.8. The van der Waals surface area contributed by atoms with E-state index in [0.717, 1.165) is 59.8 Å². The average Bonchev–Trinajstić information content (AvgIpc) is 3.32. The number of hydrogen-bond donors (Lipinski definition) is 1. The van der Waals surface area contributed by atoms with Crippen molar-refractivity contribution < 1.29 is 9.47 Å². The molecule has 0 aliphatic carbocycles. The lowest BCUT2D eigenvalue weighted by atomic mass is 10.1. The number of hydrogen-bond acceptors (Lipinski definition) is 6. The maximum absolute atomic E-state index is 5.53. The summed E-state index contributed by atoms with van der Waals surface area (Å²) >= 11 is 0. The molecular formula is C30H35N5O2. The number of pyridine rings is 1. The minimum atomic E-state index is 0.671. The van der Waals surface area contributed by atoms with Crippen LogP contribution in [0, 0.1) is 0 Å². The van der Waals surface area contributed by atoms with Gasteiger partial charge in [-0.15, -0.1) is 0 Å². The molecule has 7 heteroatoms. The molecule has 0 fully saturated rings. The smallest absolute Gasteiger partial charge is 0.161 e. The van der Waals surface area contributed by atoms with Crippen molar-refractivity contribution >= 4 is 22.9 Å². The Kier molecular flexibility index (Phi) is 8.13. The number of nitrogens with zero attached hydrogens (tertiary/aromatic N) is 4. The Labute approximate surface area is 219 Å². The zero-order chi connectivity index (χ0) is 26.4. The van der Waals surface area contributed by atoms with Crippen LogP contribution in [0.15, 0.2) is 74.0 Å². The van der Waals surface area contributed by atoms with Crippen molar-refractivity contribution in [1.82, 2.24) is 19.7 Å². The summed E-state index contributed by atoms with van der Waals surface area (Å²) in [6.07, 6.45) is 9.94. The Morgan fingerprint density at radius 1 is 1.05 bits per heavy atom. The summed E-state index contributed by atoms with van der Waals surface area (Å²) in [5, 5.41) is 8.24. The largest absolute Gasteiger partial charge is 0.493 e. The van der Waals surface area contributed by atoms with Gasteiger partial charge in [0.2, 0.25) is 0 Å². The molecule has 0 radical (unpaired) electrons. The minimum Gasteiger partial charge on any atom is -0.493 e. The zero-order valence-electron chi connectivity index (χ0n) is 22.1. The van der Waals surface area contributed by atoms with Crippen LogP contribution < -0.4 is 14.8 Å². The fourth-order valence-corrected chi connectivity index (χ4v) is 4.37. The van der Waals surface area contributed by atoms with Crippen molar-refractivity contribution in [2.45, 2.75) is 26.7 Å². The van der Waals surface area contributed by atoms with Gasteiger partial charge in [0, 0.05) is 41.8 Å². The number of aryl methyl sites for hydroxylation is 1. The summed E-state index contributed by atoms with van der Waals surface area (Å²) in [6, 6.07) is 11.9. The van der Waals surface area contributed by atoms with E-state index in [9.17, 15) is 0 Å². The van der Waals surface area contributed by atoms with Crippen molar-refractivity contribution in [3.05, 3.63) is 96.5 Å². The monoisotopic (exact) mass is 497 g/mol. The first-order valence-corrected chi connectivity index (χ1v) is 12.5. The molecule has 0 atom stereocenters. The molecule has 1 aromatic carbocycles. The summed E-state index contributed by atoms with van der Waals surface area (Å²) in [6.45, 7) is 14.5. The maximum atomic E-state index is 5.53. The number of anilines is 1. The van der Waals surface area contributed by atoms with Crippen LogP contribution in [0.2, 0.25) is 0 Å². The Bertz CT molecular complexity index is 1330. The number of ether oxygens (including phenoxy) is 2. The van der Waals surface area contributed by atoms with Gasteiger partial charge in [-0.3, -0.25) is 0 Å². The fraction of sp³-hybridized carbons (Fsp3) is 0.267. The normalized spacial score (nSPS) is 14.9. The van der Waals surface area contributed by atoms with Crippen LogP contribution in [-0.4, -0.2) is 47.0 Å². The lowest BCUT2D eigenvalue weighted by molar-refractivity contribution is 0.355. The second kappa shape index (κ2) is 11.6. The topological polar surface area (TPSA) is 64.4 Å². The predicted molar refractivity (Wildman–Crippen MR) is 151 cm³/mol. The van der Waals surface area contributed by atoms with Crippen LogP contribution in [0.3, 0.4) is 0 Å². The quantitative estimate of drug-likeness (QED) is 0.366. The molecule has 2 aromatic heterocycles. The van der Waals surface area contributed by atoms with Crippen molar-refractivity contribution in [3.8, 4) is 11.5 Å². The van der Waals surface area contributed by atoms with E-state index in [-0.39, 0.29) is 0 Å². The second-order valence-electron chi connectivity index (χ2n) is 8.68. The van der Waals surface area contributed by atoms with Gasteiger partial charge < -0.3 is 19.7 Å². The van der Waals surface area contributed by atoms with E-state index >= 15 is 0 Å². The number of benzene rings is 1. The molecule has 4 rings (SSSR count). The van der Waals surface area contributed by atoms with Gasteiger partial charge in [-0.2, -0.15) is 5.10 Å². The molecule has 1 N–H and O–H groups in total. The fourth-order valence-electron chi connectivity index (χ4n) is 4.37. The molecule has 1 aliphatic heterocycles. The van der Waals surface area contributed by atoms with Crippen LogP contribution in [-0.2, 0) is 6.42 Å². The highest BCUT2D eigenvalue weighted by Gasteiger charge is 2.17. The third-order valence-electron chi connectivity index (χ3n) is 6.48. The van der Waals surface area contributed by atoms with E-state index in [4.69, 9.17) is 14.6 Å². The lowest BCUT2D eigenvalue weighted by Gasteiger charge is -2.23. The van der Waals surface area contributed by atoms with Crippen molar-refractivity contribution in [2.24, 2.45) is 0 Å². The van der Waals surface area contributed by atoms with Crippen molar-refractivity contribution in [3.63, 3.8) is 0 Å². The summed E-state index contributed by atoms with van der Waals surface area (Å²) < 4.78 is 12.9. The van der Waals surface area contributed by atoms with Crippen LogP contribution in [0.25, 0.3) is 17.1 Å². The number of fused-ring (bicyclic) bond motifs is 1. The summed E-state index contributed by atoms with van der Waals surface area (Å²) in [4.78, 5) is 6.80. The minimum absolute atomic E-state index is 0.671. The zero-order valence-corrected chi connectivity index (χ0v) is 22.1. The molecule has 3 aromatic rings. The van der Waals surface area contributed by atoms with Gasteiger partial charge in [0.15, 0.2) is 11.5 Å². The molecule has 0 bridgehead atoms. The van der Waals surface area contributed by atoms with E-state index in [1.54, 1.807) is 14.2 Å². The van der Waals surface area contributed by atoms with Gasteiger partial charge in [-0.1, -0.05) is 25.3 Å². The second-order valence-corrected chi connectivity index (χ2v) is 8.68. The van der Waals surface area contributed by atoms with Gasteiger partial charge >= 0.3 is 0 Å². The molecule has 37 heavy (non-hydrogen) atoms. The molecular weight excluding hydrogens is 462 g/mol. The van der Waals surface area contributed by atoms with Gasteiger partial charge in [0.25, 0.3) is 0 Å². The summed E-state index contributed by atoms with van der Waals surface area (Å²) in [5.74, 6) is 2.07. The van der Waals surface area contributed by atoms with Crippen LogP contribution in [0.5, 0.6) is 11.5 Å². The van der Waals surface area contributed by atoms with Crippen molar-refractivity contribution in [2.75, 3.05) is 32.6 Å². The molecule has 0 unspecified atom stereocenters. The van der Waals surface area contributed by atoms with Gasteiger partial charge in [-0.05, 0) is 69.2 Å². The van der Waals surface area contributed by atoms with E-state index in [2.05, 4.69) is 66.5 Å². The molecule has 0 spiro atoms. The number of methoxy groups -OCH3 is 2. The first-order valence-electron chi connectivity index (χ1n) is 12.5. The highest BCUT2D eigenvalue weighted by atomic mass is 16.5. The van der Waals surface area contributed by atoms with Crippen molar-refractivity contribution in [1.29, 1.82) is 0 Å². The predicted octanol–water partition coefficient (Wildman–Crippen LogP) is 6.08. The Morgan fingerprint density at radius 2 is 1.84 bits per heavy atom. The Hall–Kier alpha value is -4.26. The van der Waals surface area contributed by atoms with Crippen LogP contribution in [0.4, 0.5) is 5.82 Å². The van der Waals surface area contributed by atoms with Gasteiger partial charge in [-0.25, -0.2) is 9.67 Å². The average molecular weight is 498 g/mol. The third kappa shape index (κ3) is 5.61. The van der Waals surface area contributed by atoms with E-state index < -0.39 is 0 Å². The number of aromatic nitrogens is 3. The number of rotatable bonds is 10. The van der Waals surface area contributed by atoms with E-state index in [1.165, 1.54) is 0 Å². The molecule has 192 valence electrons. The first-order chi connectivity index (χ1) is 18.0. The standard InChI is InChI=1S/C30H35N5O2/c1-7-34(8-2)22(4)24-15-17-30(31-20-24)32-21(3)26-19-25-12-10-9-11-13-27(35(25)33-26)23-14-16-28(36-5)29(18-23)37-6/h9,11,13-20H,3-4,7-8,10,12H2,1-2,5-6H3,(H,31,32)/b11-9-,27-13-. The molecule has 0 saturated carbocycles. The lowest BCUT2D eigenvalue weighted by Crippen LogP contribution is -2.20. The Balaban J connectivity index is 1.58. The molecule has 0 amide bonds. The molecule has 0 saturated heterocycles. The van der Waals surface area contributed by atoms with Gasteiger partial charge in [0.05, 0.1) is 25.6 Å². The van der Waals surface area contributed by atoms with E-state index in [0.29, 0.717) is 23.0 Å². The summed E-state index contributed by atoms with van der Waals surface area (Å²) in [5.41, 5.74) is 6.44. The van der Waals surface area contributed by atoms with E-state index in [1.807, 2.05) is 41.2 Å². The maximum Gasteiger partial charge on any atom is 0.161 e. The summed E-state index contributed by atoms with van der Waals surface area (Å²) in [7, 11) is 3.27. The Morgan fingerprint density at radius 3 is 2.51 bits per heavy atom. The molecule has 1 aliphatic rings. The number of nitrogens with one attached hydrogen (secondary N) is 1. The molecule has 7 nitrogen and oxygen atoms in total. The molecule has 3 heterocycles. The number of allylic oxidation sites excluding steroid dienone is 3. The van der Waals surface area contributed by atoms with Gasteiger partial charge in [0.1, 0.15) is 11.5 Å². The van der Waals surface area contributed by atoms with Crippen LogP contribution >= 0.6 is 0 Å². The third-order valence-corrected chi connectivity index (χ3v) is 6.48. The SMILES string of the molecule is C=C(Nc1ccc(C(=C)N(CC)CC)cn1)c1cc2n(n1)/C(c1ccc(OC)c(OC)c1)=C\C=C/CC2. The highest BCUT2D eigenvalue weighted by Crippen LogP contribution is 2.32.